The van der Waals surface area contributed by atoms with Crippen LogP contribution in [0.4, 0.5) is 0 Å². The molecule has 0 bridgehead atoms. The summed E-state index contributed by atoms with van der Waals surface area (Å²) in [7, 11) is 4.55. The zero-order valence-corrected chi connectivity index (χ0v) is 14.1. The van der Waals surface area contributed by atoms with Crippen molar-refractivity contribution in [2.24, 2.45) is 0 Å². The molecule has 2 atom stereocenters. The molecule has 0 spiro atoms. The predicted octanol–water partition coefficient (Wildman–Crippen LogP) is 4.26. The summed E-state index contributed by atoms with van der Waals surface area (Å²) in [6.45, 7) is 7.28. The zero-order valence-electron chi connectivity index (χ0n) is 6.77. The van der Waals surface area contributed by atoms with E-state index in [2.05, 4.69) is 68.8 Å². The first kappa shape index (κ1) is 13.5. The molecule has 0 aliphatic heterocycles. The van der Waals surface area contributed by atoms with Crippen molar-refractivity contribution in [3.63, 3.8) is 0 Å². The number of hydrogen-bond acceptors (Lipinski definition) is 2. The SMILES string of the molecule is CCOI(S)C(C)(I)C(C)I. The molecule has 0 amide bonds. The Morgan fingerprint density at radius 3 is 2.45 bits per heavy atom. The summed E-state index contributed by atoms with van der Waals surface area (Å²) >= 11 is 3.45. The van der Waals surface area contributed by atoms with Crippen LogP contribution in [0.2, 0.25) is 0 Å². The molecule has 70 valence electrons. The van der Waals surface area contributed by atoms with Gasteiger partial charge in [0, 0.05) is 0 Å². The van der Waals surface area contributed by atoms with Crippen LogP contribution in [0, 0.1) is 0 Å². The van der Waals surface area contributed by atoms with Gasteiger partial charge in [-0.15, -0.1) is 0 Å². The third kappa shape index (κ3) is 4.50. The molecule has 11 heavy (non-hydrogen) atoms. The third-order valence-corrected chi connectivity index (χ3v) is 17.4. The van der Waals surface area contributed by atoms with Gasteiger partial charge in [-0.2, -0.15) is 0 Å². The van der Waals surface area contributed by atoms with Gasteiger partial charge in [0.05, 0.1) is 0 Å². The molecule has 0 heterocycles. The Kier molecular flexibility index (Phi) is 7.45. The summed E-state index contributed by atoms with van der Waals surface area (Å²) in [4.78, 5) is 0. The second-order valence-electron chi connectivity index (χ2n) is 2.20. The number of rotatable bonds is 4. The summed E-state index contributed by atoms with van der Waals surface area (Å²) in [5.41, 5.74) is 0. The van der Waals surface area contributed by atoms with Crippen molar-refractivity contribution < 1.29 is 3.07 Å². The average molecular weight is 514 g/mol. The number of hydrogen-bond donors (Lipinski definition) is 1. The Hall–Kier alpha value is 2.50. The Bertz CT molecular complexity index is 118. The molecular weight excluding hydrogens is 501 g/mol. The second-order valence-corrected chi connectivity index (χ2v) is 14.6. The molecule has 0 N–H and O–H groups in total. The molecule has 2 unspecified atom stereocenters. The van der Waals surface area contributed by atoms with Crippen LogP contribution >= 0.6 is 73.8 Å². The molecule has 1 nitrogen and oxygen atoms in total. The fourth-order valence-electron chi connectivity index (χ4n) is 0.339. The van der Waals surface area contributed by atoms with Crippen LogP contribution in [0.3, 0.4) is 0 Å². The van der Waals surface area contributed by atoms with Gasteiger partial charge in [-0.05, 0) is 0 Å². The Balaban J connectivity index is 4.05. The van der Waals surface area contributed by atoms with Gasteiger partial charge in [-0.3, -0.25) is 0 Å². The van der Waals surface area contributed by atoms with Gasteiger partial charge < -0.3 is 0 Å². The van der Waals surface area contributed by atoms with Gasteiger partial charge in [0.2, 0.25) is 0 Å². The van der Waals surface area contributed by atoms with Crippen LogP contribution in [-0.2, 0) is 3.07 Å². The molecule has 0 saturated heterocycles. The zero-order chi connectivity index (χ0) is 9.07. The van der Waals surface area contributed by atoms with Crippen LogP contribution in [0.5, 0.6) is 0 Å². The Labute approximate surface area is 108 Å². The Morgan fingerprint density at radius 1 is 1.73 bits per heavy atom. The summed E-state index contributed by atoms with van der Waals surface area (Å²) in [6, 6.07) is 0. The maximum absolute atomic E-state index is 5.58. The first-order chi connectivity index (χ1) is 4.92. The van der Waals surface area contributed by atoms with Crippen molar-refractivity contribution in [1.82, 2.24) is 0 Å². The van der Waals surface area contributed by atoms with E-state index in [9.17, 15) is 0 Å². The van der Waals surface area contributed by atoms with Gasteiger partial charge in [0.15, 0.2) is 0 Å². The Morgan fingerprint density at radius 2 is 2.18 bits per heavy atom. The van der Waals surface area contributed by atoms with Gasteiger partial charge in [0.25, 0.3) is 0 Å². The van der Waals surface area contributed by atoms with E-state index >= 15 is 0 Å². The first-order valence-corrected chi connectivity index (χ1v) is 10.8. The van der Waals surface area contributed by atoms with E-state index < -0.39 is 18.8 Å². The maximum atomic E-state index is 5.58. The summed E-state index contributed by atoms with van der Waals surface area (Å²) in [5.74, 6) is 0. The van der Waals surface area contributed by atoms with E-state index in [1.54, 1.807) is 0 Å². The standard InChI is InChI=1S/C6H13I3OS/c1-4-10-9(11)6(3,8)5(2)7/h5,11H,4H2,1-3H3. The van der Waals surface area contributed by atoms with E-state index in [4.69, 9.17) is 3.07 Å². The van der Waals surface area contributed by atoms with Crippen LogP contribution in [0.15, 0.2) is 0 Å². The van der Waals surface area contributed by atoms with Crippen molar-refractivity contribution >= 4 is 73.8 Å². The fourth-order valence-corrected chi connectivity index (χ4v) is 7.38. The van der Waals surface area contributed by atoms with E-state index in [0.29, 0.717) is 3.92 Å². The summed E-state index contributed by atoms with van der Waals surface area (Å²) < 4.78 is 6.46. The van der Waals surface area contributed by atoms with Gasteiger partial charge in [0.1, 0.15) is 0 Å². The molecular formula is C6H13I3OS. The molecule has 0 radical (unpaired) electrons. The van der Waals surface area contributed by atoms with E-state index in [1.165, 1.54) is 0 Å². The summed E-state index contributed by atoms with van der Waals surface area (Å²) in [6.07, 6.45) is 0. The molecule has 0 aliphatic rings. The molecule has 0 aromatic heterocycles. The van der Waals surface area contributed by atoms with Crippen LogP contribution in [0.25, 0.3) is 0 Å². The molecule has 0 aliphatic carbocycles. The number of halogens is 3. The molecule has 0 saturated carbocycles. The number of alkyl halides is 3. The van der Waals surface area contributed by atoms with E-state index in [-0.39, 0.29) is 1.43 Å². The van der Waals surface area contributed by atoms with E-state index in [1.807, 2.05) is 6.92 Å². The van der Waals surface area contributed by atoms with Crippen LogP contribution < -0.4 is 0 Å². The third-order valence-electron chi connectivity index (χ3n) is 1.23. The molecule has 0 rings (SSSR count). The second kappa shape index (κ2) is 6.07. The normalized spacial score (nSPS) is 20.7. The van der Waals surface area contributed by atoms with Crippen molar-refractivity contribution in [2.45, 2.75) is 26.1 Å². The van der Waals surface area contributed by atoms with Crippen LogP contribution in [-0.4, -0.2) is 12.0 Å². The van der Waals surface area contributed by atoms with Crippen molar-refractivity contribution in [1.29, 1.82) is 0 Å². The molecule has 0 aromatic rings. The predicted molar refractivity (Wildman–Crippen MR) is 80.5 cm³/mol. The first-order valence-electron chi connectivity index (χ1n) is 3.28. The average Bonchev–Trinajstić information content (AvgIpc) is 1.88. The minimum atomic E-state index is -1.46. The van der Waals surface area contributed by atoms with Gasteiger partial charge in [-0.1, -0.05) is 0 Å². The van der Waals surface area contributed by atoms with Gasteiger partial charge in [-0.25, -0.2) is 0 Å². The molecule has 0 aromatic carbocycles. The minimum absolute atomic E-state index is 0.265. The number of thiol groups is 1. The van der Waals surface area contributed by atoms with Gasteiger partial charge >= 0.3 is 110 Å². The fraction of sp³-hybridized carbons (Fsp3) is 1.00. The monoisotopic (exact) mass is 514 g/mol. The topological polar surface area (TPSA) is 9.23 Å². The van der Waals surface area contributed by atoms with Crippen molar-refractivity contribution in [3.8, 4) is 0 Å². The van der Waals surface area contributed by atoms with Crippen LogP contribution in [0.1, 0.15) is 20.8 Å². The summed E-state index contributed by atoms with van der Waals surface area (Å²) in [5, 5.41) is 0. The molecule has 5 heteroatoms. The van der Waals surface area contributed by atoms with Crippen molar-refractivity contribution in [2.75, 3.05) is 6.61 Å². The van der Waals surface area contributed by atoms with Crippen molar-refractivity contribution in [3.05, 3.63) is 0 Å². The quantitative estimate of drug-likeness (QED) is 0.336. The van der Waals surface area contributed by atoms with E-state index in [0.717, 1.165) is 6.61 Å². The molecule has 0 fully saturated rings.